The number of benzene rings is 1. The Morgan fingerprint density at radius 3 is 2.59 bits per heavy atom. The molecule has 0 aliphatic heterocycles. The fourth-order valence-electron chi connectivity index (χ4n) is 2.95. The van der Waals surface area contributed by atoms with Crippen molar-refractivity contribution in [1.82, 2.24) is 20.4 Å². The molecule has 1 aromatic heterocycles. The molecule has 2 N–H and O–H groups in total. The molecule has 0 bridgehead atoms. The number of aliphatic imine (C=N–C) groups is 1. The summed E-state index contributed by atoms with van der Waals surface area (Å²) in [7, 11) is 3.63. The predicted octanol–water partition coefficient (Wildman–Crippen LogP) is 3.27. The first kappa shape index (κ1) is 23.3. The molecule has 1 aromatic carbocycles. The van der Waals surface area contributed by atoms with Crippen molar-refractivity contribution < 1.29 is 8.78 Å². The first-order valence-corrected chi connectivity index (χ1v) is 8.72. The monoisotopic (exact) mass is 491 g/mol. The van der Waals surface area contributed by atoms with Gasteiger partial charge in [-0.2, -0.15) is 5.10 Å². The van der Waals surface area contributed by atoms with Gasteiger partial charge in [-0.1, -0.05) is 0 Å². The smallest absolute Gasteiger partial charge is 0.191 e. The number of nitrogens with one attached hydrogen (secondary N) is 2. The maximum Gasteiger partial charge on any atom is 0.191 e. The van der Waals surface area contributed by atoms with Gasteiger partial charge in [-0.3, -0.25) is 9.67 Å². The van der Waals surface area contributed by atoms with Crippen molar-refractivity contribution in [2.75, 3.05) is 13.6 Å². The van der Waals surface area contributed by atoms with Crippen LogP contribution in [0.4, 0.5) is 8.78 Å². The summed E-state index contributed by atoms with van der Waals surface area (Å²) >= 11 is 0. The van der Waals surface area contributed by atoms with Crippen LogP contribution in [-0.4, -0.2) is 35.4 Å². The largest absolute Gasteiger partial charge is 0.356 e. The van der Waals surface area contributed by atoms with Crippen LogP contribution in [-0.2, 0) is 19.9 Å². The van der Waals surface area contributed by atoms with Crippen LogP contribution in [0.3, 0.4) is 0 Å². The molecular formula is C19H28F2IN5. The summed E-state index contributed by atoms with van der Waals surface area (Å²) in [6.45, 7) is 6.60. The van der Waals surface area contributed by atoms with Crippen LogP contribution in [0.2, 0.25) is 0 Å². The van der Waals surface area contributed by atoms with E-state index in [4.69, 9.17) is 0 Å². The molecule has 1 heterocycles. The van der Waals surface area contributed by atoms with Gasteiger partial charge in [0.05, 0.1) is 5.69 Å². The average molecular weight is 491 g/mol. The van der Waals surface area contributed by atoms with Crippen LogP contribution in [0, 0.1) is 25.5 Å². The number of aromatic nitrogens is 2. The zero-order valence-corrected chi connectivity index (χ0v) is 18.8. The summed E-state index contributed by atoms with van der Waals surface area (Å²) in [5.41, 5.74) is 3.76. The molecule has 1 atom stereocenters. The highest BCUT2D eigenvalue weighted by Gasteiger charge is 2.14. The normalized spacial score (nSPS) is 12.5. The molecule has 2 rings (SSSR count). The Morgan fingerprint density at radius 2 is 2.00 bits per heavy atom. The predicted molar refractivity (Wildman–Crippen MR) is 116 cm³/mol. The molecule has 0 spiro atoms. The summed E-state index contributed by atoms with van der Waals surface area (Å²) in [5, 5.41) is 10.9. The summed E-state index contributed by atoms with van der Waals surface area (Å²) in [4.78, 5) is 4.20. The third-order valence-electron chi connectivity index (χ3n) is 4.47. The number of hydrogen-bond donors (Lipinski definition) is 2. The number of hydrogen-bond acceptors (Lipinski definition) is 2. The highest BCUT2D eigenvalue weighted by molar-refractivity contribution is 14.0. The number of halogens is 3. The van der Waals surface area contributed by atoms with Gasteiger partial charge in [-0.05, 0) is 62.9 Å². The van der Waals surface area contributed by atoms with Gasteiger partial charge in [0.1, 0.15) is 11.6 Å². The quantitative estimate of drug-likeness (QED) is 0.371. The van der Waals surface area contributed by atoms with Crippen LogP contribution in [0.15, 0.2) is 23.2 Å². The van der Waals surface area contributed by atoms with E-state index in [9.17, 15) is 8.78 Å². The molecule has 5 nitrogen and oxygen atoms in total. The summed E-state index contributed by atoms with van der Waals surface area (Å²) < 4.78 is 28.8. The first-order valence-electron chi connectivity index (χ1n) is 8.72. The fraction of sp³-hybridized carbons (Fsp3) is 0.474. The molecule has 1 unspecified atom stereocenters. The van der Waals surface area contributed by atoms with Crippen molar-refractivity contribution in [3.63, 3.8) is 0 Å². The molecule has 0 fully saturated rings. The molecule has 0 aliphatic rings. The number of rotatable bonds is 6. The summed E-state index contributed by atoms with van der Waals surface area (Å²) in [5.74, 6) is -0.194. The van der Waals surface area contributed by atoms with Crippen molar-refractivity contribution in [3.8, 4) is 0 Å². The lowest BCUT2D eigenvalue weighted by atomic mass is 10.1. The van der Waals surface area contributed by atoms with Crippen LogP contribution in [0.25, 0.3) is 0 Å². The minimum absolute atomic E-state index is 0. The van der Waals surface area contributed by atoms with Gasteiger partial charge in [0.25, 0.3) is 0 Å². The number of guanidine groups is 1. The Hall–Kier alpha value is -1.71. The fourth-order valence-corrected chi connectivity index (χ4v) is 2.95. The molecule has 0 saturated heterocycles. The van der Waals surface area contributed by atoms with E-state index in [1.165, 1.54) is 11.6 Å². The molecule has 0 amide bonds. The van der Waals surface area contributed by atoms with E-state index < -0.39 is 11.6 Å². The Bertz CT molecular complexity index is 789. The minimum Gasteiger partial charge on any atom is -0.356 e. The Labute approximate surface area is 176 Å². The van der Waals surface area contributed by atoms with Gasteiger partial charge in [0.15, 0.2) is 5.96 Å². The molecule has 27 heavy (non-hydrogen) atoms. The second-order valence-corrected chi connectivity index (χ2v) is 6.51. The van der Waals surface area contributed by atoms with Crippen LogP contribution in [0.5, 0.6) is 0 Å². The van der Waals surface area contributed by atoms with Crippen molar-refractivity contribution in [2.24, 2.45) is 12.0 Å². The zero-order valence-electron chi connectivity index (χ0n) is 16.4. The Kier molecular flexibility index (Phi) is 9.14. The highest BCUT2D eigenvalue weighted by Crippen LogP contribution is 2.14. The summed E-state index contributed by atoms with van der Waals surface area (Å²) in [6, 6.07) is 3.65. The van der Waals surface area contributed by atoms with Gasteiger partial charge in [0.2, 0.25) is 0 Å². The second kappa shape index (κ2) is 10.6. The SMILES string of the molecule is CN=C(NCCc1cc(F)ccc1F)NC(C)Cc1c(C)nn(C)c1C.I. The molecule has 8 heteroatoms. The van der Waals surface area contributed by atoms with Crippen molar-refractivity contribution >= 4 is 29.9 Å². The standard InChI is InChI=1S/C19H27F2N5.HI/c1-12(10-17-13(2)25-26(5)14(17)3)24-19(22-4)23-9-8-15-11-16(20)6-7-18(15)21;/h6-7,11-12H,8-10H2,1-5H3,(H2,22,23,24);1H. The van der Waals surface area contributed by atoms with E-state index in [0.717, 1.165) is 29.9 Å². The average Bonchev–Trinajstić information content (AvgIpc) is 2.83. The van der Waals surface area contributed by atoms with E-state index in [1.54, 1.807) is 7.05 Å². The number of nitrogens with zero attached hydrogens (tertiary/aromatic N) is 3. The van der Waals surface area contributed by atoms with Gasteiger partial charge in [-0.25, -0.2) is 8.78 Å². The van der Waals surface area contributed by atoms with Crippen molar-refractivity contribution in [3.05, 3.63) is 52.3 Å². The first-order chi connectivity index (χ1) is 12.3. The van der Waals surface area contributed by atoms with Crippen molar-refractivity contribution in [1.29, 1.82) is 0 Å². The molecule has 0 saturated carbocycles. The Balaban J connectivity index is 0.00000364. The third kappa shape index (κ3) is 6.44. The van der Waals surface area contributed by atoms with E-state index in [-0.39, 0.29) is 30.0 Å². The van der Waals surface area contributed by atoms with Crippen LogP contribution >= 0.6 is 24.0 Å². The second-order valence-electron chi connectivity index (χ2n) is 6.51. The molecule has 150 valence electrons. The zero-order chi connectivity index (χ0) is 19.3. The molecule has 0 aliphatic carbocycles. The lowest BCUT2D eigenvalue weighted by Crippen LogP contribution is -2.43. The van der Waals surface area contributed by atoms with E-state index in [1.807, 2.05) is 18.7 Å². The van der Waals surface area contributed by atoms with Gasteiger partial charge in [0, 0.05) is 32.4 Å². The van der Waals surface area contributed by atoms with Gasteiger partial charge < -0.3 is 10.6 Å². The van der Waals surface area contributed by atoms with Crippen molar-refractivity contribution in [2.45, 2.75) is 39.7 Å². The third-order valence-corrected chi connectivity index (χ3v) is 4.47. The van der Waals surface area contributed by atoms with E-state index >= 15 is 0 Å². The van der Waals surface area contributed by atoms with Gasteiger partial charge in [-0.15, -0.1) is 24.0 Å². The maximum atomic E-state index is 13.7. The summed E-state index contributed by atoms with van der Waals surface area (Å²) in [6.07, 6.45) is 1.20. The molecule has 2 aromatic rings. The van der Waals surface area contributed by atoms with E-state index in [0.29, 0.717) is 24.5 Å². The maximum absolute atomic E-state index is 13.7. The minimum atomic E-state index is -0.431. The lowest BCUT2D eigenvalue weighted by Gasteiger charge is -2.18. The Morgan fingerprint density at radius 1 is 1.30 bits per heavy atom. The van der Waals surface area contributed by atoms with Gasteiger partial charge >= 0.3 is 0 Å². The topological polar surface area (TPSA) is 54.2 Å². The van der Waals surface area contributed by atoms with Crippen LogP contribution < -0.4 is 10.6 Å². The highest BCUT2D eigenvalue weighted by atomic mass is 127. The van der Waals surface area contributed by atoms with Crippen LogP contribution in [0.1, 0.15) is 29.4 Å². The molecular weight excluding hydrogens is 463 g/mol. The lowest BCUT2D eigenvalue weighted by molar-refractivity contribution is 0.581. The van der Waals surface area contributed by atoms with E-state index in [2.05, 4.69) is 34.6 Å². The number of aryl methyl sites for hydroxylation is 2. The molecule has 0 radical (unpaired) electrons.